The minimum atomic E-state index is -3.65. The Morgan fingerprint density at radius 3 is 2.63 bits per heavy atom. The lowest BCUT2D eigenvalue weighted by atomic mass is 10.1. The molecule has 4 aromatic rings. The molecule has 0 spiro atoms. The highest BCUT2D eigenvalue weighted by atomic mass is 32.2. The van der Waals surface area contributed by atoms with Crippen molar-refractivity contribution in [1.29, 1.82) is 0 Å². The van der Waals surface area contributed by atoms with E-state index in [2.05, 4.69) is 5.32 Å². The summed E-state index contributed by atoms with van der Waals surface area (Å²) in [6.45, 7) is 2.00. The number of carbonyl (C=O) groups excluding carboxylic acids is 1. The van der Waals surface area contributed by atoms with E-state index in [1.165, 1.54) is 29.7 Å². The largest absolute Gasteiger partial charge is 0.482 e. The fourth-order valence-electron chi connectivity index (χ4n) is 4.23. The third kappa shape index (κ3) is 5.22. The van der Waals surface area contributed by atoms with Crippen LogP contribution in [0.1, 0.15) is 11.1 Å². The Kier molecular flexibility index (Phi) is 6.85. The van der Waals surface area contributed by atoms with Gasteiger partial charge in [0.15, 0.2) is 18.1 Å². The third-order valence-electron chi connectivity index (χ3n) is 6.49. The van der Waals surface area contributed by atoms with Gasteiger partial charge in [0.1, 0.15) is 5.75 Å². The molecule has 3 heterocycles. The molecule has 41 heavy (non-hydrogen) atoms. The number of amides is 1. The lowest BCUT2D eigenvalue weighted by Crippen LogP contribution is -2.25. The van der Waals surface area contributed by atoms with E-state index in [-0.39, 0.29) is 24.2 Å². The Hall–Kier alpha value is -4.46. The molecular weight excluding hydrogens is 566 g/mol. The maximum Gasteiger partial charge on any atom is 0.262 e. The van der Waals surface area contributed by atoms with Crippen LogP contribution in [0.15, 0.2) is 75.0 Å². The van der Waals surface area contributed by atoms with Gasteiger partial charge in [0.2, 0.25) is 21.6 Å². The summed E-state index contributed by atoms with van der Waals surface area (Å²) in [6, 6.07) is 15.9. The van der Waals surface area contributed by atoms with Crippen LogP contribution in [-0.4, -0.2) is 57.0 Å². The van der Waals surface area contributed by atoms with E-state index in [9.17, 15) is 13.2 Å². The Bertz CT molecular complexity index is 1890. The maximum absolute atomic E-state index is 12.8. The van der Waals surface area contributed by atoms with Crippen LogP contribution >= 0.6 is 11.3 Å². The van der Waals surface area contributed by atoms with Crippen molar-refractivity contribution in [2.75, 3.05) is 32.8 Å². The first kappa shape index (κ1) is 26.7. The van der Waals surface area contributed by atoms with Crippen molar-refractivity contribution in [3.63, 3.8) is 0 Å². The van der Waals surface area contributed by atoms with Crippen LogP contribution in [0.3, 0.4) is 0 Å². The minimum absolute atomic E-state index is 0.0321. The summed E-state index contributed by atoms with van der Waals surface area (Å²) in [5.74, 6) is 1.66. The van der Waals surface area contributed by atoms with Crippen molar-refractivity contribution >= 4 is 44.9 Å². The number of benzene rings is 3. The maximum atomic E-state index is 12.8. The molecule has 0 radical (unpaired) electrons. The highest BCUT2D eigenvalue weighted by Gasteiger charge is 2.20. The topological polar surface area (TPSA) is 124 Å². The van der Waals surface area contributed by atoms with E-state index in [0.29, 0.717) is 39.1 Å². The molecule has 2 aliphatic rings. The summed E-state index contributed by atoms with van der Waals surface area (Å²) in [5, 5.41) is 9.50. The van der Waals surface area contributed by atoms with Crippen molar-refractivity contribution in [2.24, 2.45) is 10.1 Å². The minimum Gasteiger partial charge on any atom is -0.482 e. The summed E-state index contributed by atoms with van der Waals surface area (Å²) in [7, 11) is -0.672. The quantitative estimate of drug-likeness (QED) is 0.339. The Morgan fingerprint density at radius 2 is 1.80 bits per heavy atom. The molecule has 0 fully saturated rings. The van der Waals surface area contributed by atoms with E-state index in [1.54, 1.807) is 35.2 Å². The van der Waals surface area contributed by atoms with Gasteiger partial charge in [-0.05, 0) is 66.6 Å². The Labute approximate surface area is 240 Å². The molecule has 0 saturated heterocycles. The number of nitrogens with one attached hydrogen (secondary N) is 1. The predicted molar refractivity (Wildman–Crippen MR) is 155 cm³/mol. The molecule has 11 nitrogen and oxygen atoms in total. The van der Waals surface area contributed by atoms with Gasteiger partial charge in [-0.2, -0.15) is 5.10 Å². The zero-order valence-electron chi connectivity index (χ0n) is 22.3. The summed E-state index contributed by atoms with van der Waals surface area (Å²) < 4.78 is 44.8. The molecule has 1 amide bonds. The normalized spacial score (nSPS) is 14.8. The molecule has 1 N–H and O–H groups in total. The van der Waals surface area contributed by atoms with Gasteiger partial charge in [-0.15, -0.1) is 11.3 Å². The van der Waals surface area contributed by atoms with Crippen LogP contribution in [0.25, 0.3) is 11.3 Å². The molecule has 210 valence electrons. The van der Waals surface area contributed by atoms with Crippen LogP contribution < -0.4 is 24.3 Å². The van der Waals surface area contributed by atoms with Gasteiger partial charge in [0.25, 0.3) is 5.91 Å². The molecule has 0 unspecified atom stereocenters. The predicted octanol–water partition coefficient (Wildman–Crippen LogP) is 3.95. The summed E-state index contributed by atoms with van der Waals surface area (Å²) >= 11 is 1.35. The number of aromatic nitrogens is 1. The molecule has 0 saturated carbocycles. The molecule has 6 rings (SSSR count). The monoisotopic (exact) mass is 591 g/mol. The molecule has 0 aliphatic carbocycles. The van der Waals surface area contributed by atoms with Gasteiger partial charge < -0.3 is 19.5 Å². The number of carbonyl (C=O) groups is 1. The molecule has 13 heteroatoms. The highest BCUT2D eigenvalue weighted by Crippen LogP contribution is 2.34. The number of sulfonamides is 1. The smallest absolute Gasteiger partial charge is 0.262 e. The molecule has 0 bridgehead atoms. The van der Waals surface area contributed by atoms with Crippen LogP contribution in [0.5, 0.6) is 17.2 Å². The standard InChI is InChI=1S/C28H25N5O6S2/c1-17-4-7-20(41(35,36)32(2)3)12-21(17)31-28-33(29-13-18-5-8-25-26(10-18)39-16-38-25)23(15-40-28)19-6-9-24-22(11-19)30-27(34)14-37-24/h4-13,15H,14,16H2,1-3H3,(H,30,34). The molecular formula is C28H25N5O6S2. The van der Waals surface area contributed by atoms with Crippen molar-refractivity contribution in [3.05, 3.63) is 75.9 Å². The average molecular weight is 592 g/mol. The SMILES string of the molecule is Cc1ccc(S(=O)(=O)N(C)C)cc1N=c1scc(-c2ccc3c(c2)NC(=O)CO3)n1N=Cc1ccc2c(c1)OCO2. The van der Waals surface area contributed by atoms with Crippen LogP contribution in [-0.2, 0) is 14.8 Å². The second-order valence-electron chi connectivity index (χ2n) is 9.47. The Balaban J connectivity index is 1.48. The zero-order chi connectivity index (χ0) is 28.7. The van der Waals surface area contributed by atoms with Gasteiger partial charge >= 0.3 is 0 Å². The number of fused-ring (bicyclic) bond motifs is 2. The van der Waals surface area contributed by atoms with E-state index >= 15 is 0 Å². The Morgan fingerprint density at radius 1 is 1.00 bits per heavy atom. The van der Waals surface area contributed by atoms with E-state index in [1.807, 2.05) is 42.6 Å². The number of nitrogens with zero attached hydrogens (tertiary/aromatic N) is 4. The highest BCUT2D eigenvalue weighted by molar-refractivity contribution is 7.89. The van der Waals surface area contributed by atoms with Crippen molar-refractivity contribution in [3.8, 4) is 28.5 Å². The van der Waals surface area contributed by atoms with Gasteiger partial charge in [-0.1, -0.05) is 6.07 Å². The fraction of sp³-hybridized carbons (Fsp3) is 0.179. The second kappa shape index (κ2) is 10.5. The third-order valence-corrected chi connectivity index (χ3v) is 9.11. The van der Waals surface area contributed by atoms with Gasteiger partial charge in [0.05, 0.1) is 28.2 Å². The van der Waals surface area contributed by atoms with Crippen molar-refractivity contribution in [2.45, 2.75) is 11.8 Å². The van der Waals surface area contributed by atoms with E-state index in [4.69, 9.17) is 24.3 Å². The summed E-state index contributed by atoms with van der Waals surface area (Å²) in [4.78, 5) is 17.4. The van der Waals surface area contributed by atoms with Crippen LogP contribution in [0.2, 0.25) is 0 Å². The number of thiazole rings is 1. The van der Waals surface area contributed by atoms with Gasteiger partial charge in [-0.3, -0.25) is 4.79 Å². The van der Waals surface area contributed by atoms with Crippen LogP contribution in [0, 0.1) is 6.92 Å². The lowest BCUT2D eigenvalue weighted by Gasteiger charge is -2.18. The molecule has 0 atom stereocenters. The van der Waals surface area contributed by atoms with Gasteiger partial charge in [-0.25, -0.2) is 22.4 Å². The molecule has 3 aromatic carbocycles. The summed E-state index contributed by atoms with van der Waals surface area (Å²) in [5.41, 5.74) is 4.13. The van der Waals surface area contributed by atoms with Gasteiger partial charge in [0, 0.05) is 25.0 Å². The fourth-order valence-corrected chi connectivity index (χ4v) is 6.00. The average Bonchev–Trinajstić information content (AvgIpc) is 3.59. The number of anilines is 1. The number of ether oxygens (including phenoxy) is 3. The molecule has 2 aliphatic heterocycles. The molecule has 1 aromatic heterocycles. The first-order chi connectivity index (χ1) is 19.7. The van der Waals surface area contributed by atoms with Crippen LogP contribution in [0.4, 0.5) is 11.4 Å². The number of hydrogen-bond acceptors (Lipinski definition) is 9. The first-order valence-electron chi connectivity index (χ1n) is 12.5. The van der Waals surface area contributed by atoms with Crippen molar-refractivity contribution < 1.29 is 27.4 Å². The first-order valence-corrected chi connectivity index (χ1v) is 14.8. The lowest BCUT2D eigenvalue weighted by molar-refractivity contribution is -0.118. The zero-order valence-corrected chi connectivity index (χ0v) is 24.0. The number of rotatable bonds is 6. The number of aryl methyl sites for hydroxylation is 1. The summed E-state index contributed by atoms with van der Waals surface area (Å²) in [6.07, 6.45) is 1.68. The van der Waals surface area contributed by atoms with Crippen molar-refractivity contribution in [1.82, 2.24) is 8.98 Å². The number of hydrogen-bond donors (Lipinski definition) is 1. The van der Waals surface area contributed by atoms with E-state index < -0.39 is 10.0 Å². The second-order valence-corrected chi connectivity index (χ2v) is 12.5. The van der Waals surface area contributed by atoms with E-state index in [0.717, 1.165) is 16.7 Å².